The van der Waals surface area contributed by atoms with Gasteiger partial charge in [-0.05, 0) is 19.1 Å². The first-order valence-electron chi connectivity index (χ1n) is 5.48. The number of nitrogens with zero attached hydrogens (tertiary/aromatic N) is 3. The maximum atomic E-state index is 11.2. The number of nitro groups is 1. The van der Waals surface area contributed by atoms with Crippen LogP contribution in [0.5, 0.6) is 11.6 Å². The lowest BCUT2D eigenvalue weighted by molar-refractivity contribution is -0.385. The normalized spacial score (nSPS) is 10.1. The molecule has 2 rings (SSSR count). The first-order chi connectivity index (χ1) is 9.49. The monoisotopic (exact) mass is 275 g/mol. The molecule has 1 N–H and O–H groups in total. The van der Waals surface area contributed by atoms with Crippen molar-refractivity contribution in [3.05, 3.63) is 51.7 Å². The number of hydrogen-bond acceptors (Lipinski definition) is 6. The Bertz CT molecular complexity index is 669. The fourth-order valence-electron chi connectivity index (χ4n) is 1.53. The second-order valence-corrected chi connectivity index (χ2v) is 3.83. The Labute approximate surface area is 112 Å². The smallest absolute Gasteiger partial charge is 0.346 e. The second kappa shape index (κ2) is 5.31. The van der Waals surface area contributed by atoms with E-state index in [4.69, 9.17) is 9.84 Å². The summed E-state index contributed by atoms with van der Waals surface area (Å²) >= 11 is 0. The number of aryl methyl sites for hydroxylation is 1. The van der Waals surface area contributed by atoms with Crippen LogP contribution in [0.4, 0.5) is 5.69 Å². The molecule has 0 radical (unpaired) electrons. The first kappa shape index (κ1) is 13.4. The Balaban J connectivity index is 2.46. The van der Waals surface area contributed by atoms with Crippen LogP contribution in [0.1, 0.15) is 16.1 Å². The Morgan fingerprint density at radius 2 is 2.05 bits per heavy atom. The lowest BCUT2D eigenvalue weighted by atomic mass is 10.1. The molecule has 102 valence electrons. The van der Waals surface area contributed by atoms with Crippen molar-refractivity contribution in [3.8, 4) is 11.6 Å². The van der Waals surface area contributed by atoms with Gasteiger partial charge < -0.3 is 9.84 Å². The summed E-state index contributed by atoms with van der Waals surface area (Å²) in [5, 5.41) is 27.4. The van der Waals surface area contributed by atoms with E-state index in [2.05, 4.69) is 10.2 Å². The van der Waals surface area contributed by atoms with E-state index in [-0.39, 0.29) is 11.6 Å². The Kier molecular flexibility index (Phi) is 3.56. The van der Waals surface area contributed by atoms with Gasteiger partial charge in [0.05, 0.1) is 10.6 Å². The molecule has 20 heavy (non-hydrogen) atoms. The first-order valence-corrected chi connectivity index (χ1v) is 5.48. The van der Waals surface area contributed by atoms with E-state index >= 15 is 0 Å². The maximum absolute atomic E-state index is 11.2. The van der Waals surface area contributed by atoms with Crippen LogP contribution in [0.15, 0.2) is 30.3 Å². The zero-order valence-corrected chi connectivity index (χ0v) is 10.3. The van der Waals surface area contributed by atoms with E-state index in [0.717, 1.165) is 6.07 Å². The molecule has 0 unspecified atom stereocenters. The van der Waals surface area contributed by atoms with Crippen molar-refractivity contribution in [1.29, 1.82) is 0 Å². The molecule has 0 spiro atoms. The number of aromatic carboxylic acids is 1. The van der Waals surface area contributed by atoms with Gasteiger partial charge in [-0.15, -0.1) is 5.10 Å². The number of aromatic nitrogens is 2. The molecule has 1 aromatic heterocycles. The number of benzene rings is 1. The molecular formula is C12H9N3O5. The van der Waals surface area contributed by atoms with Crippen LogP contribution in [-0.2, 0) is 0 Å². The van der Waals surface area contributed by atoms with Gasteiger partial charge in [-0.2, -0.15) is 5.10 Å². The molecule has 0 saturated heterocycles. The molecule has 0 bridgehead atoms. The van der Waals surface area contributed by atoms with Crippen LogP contribution in [0.3, 0.4) is 0 Å². The van der Waals surface area contributed by atoms with Crippen LogP contribution < -0.4 is 4.74 Å². The number of nitro benzene ring substituents is 1. The number of hydrogen-bond donors (Lipinski definition) is 1. The van der Waals surface area contributed by atoms with Crippen LogP contribution in [-0.4, -0.2) is 26.2 Å². The summed E-state index contributed by atoms with van der Waals surface area (Å²) < 4.78 is 5.26. The highest BCUT2D eigenvalue weighted by molar-refractivity contribution is 5.95. The predicted octanol–water partition coefficient (Wildman–Crippen LogP) is 2.18. The maximum Gasteiger partial charge on any atom is 0.346 e. The highest BCUT2D eigenvalue weighted by atomic mass is 16.6. The van der Waals surface area contributed by atoms with Gasteiger partial charge in [0.2, 0.25) is 5.88 Å². The van der Waals surface area contributed by atoms with E-state index < -0.39 is 22.1 Å². The summed E-state index contributed by atoms with van der Waals surface area (Å²) in [5.74, 6) is -1.56. The molecular weight excluding hydrogens is 266 g/mol. The minimum Gasteiger partial charge on any atom is -0.477 e. The molecule has 0 amide bonds. The third-order valence-corrected chi connectivity index (χ3v) is 2.40. The molecule has 0 atom stereocenters. The lowest BCUT2D eigenvalue weighted by Crippen LogP contribution is -2.05. The molecule has 8 heteroatoms. The van der Waals surface area contributed by atoms with Crippen LogP contribution >= 0.6 is 0 Å². The molecule has 0 fully saturated rings. The van der Waals surface area contributed by atoms with Gasteiger partial charge in [-0.1, -0.05) is 6.07 Å². The number of carboxylic acid groups (broad SMARTS) is 1. The Morgan fingerprint density at radius 3 is 2.60 bits per heavy atom. The molecule has 8 nitrogen and oxygen atoms in total. The highest BCUT2D eigenvalue weighted by Gasteiger charge is 2.25. The van der Waals surface area contributed by atoms with Gasteiger partial charge in [-0.3, -0.25) is 10.1 Å². The summed E-state index contributed by atoms with van der Waals surface area (Å²) in [6.07, 6.45) is 0. The minimum atomic E-state index is -1.45. The molecule has 1 aromatic carbocycles. The molecule has 0 aliphatic carbocycles. The number of carbonyl (C=O) groups is 1. The van der Waals surface area contributed by atoms with Gasteiger partial charge in [0.25, 0.3) is 5.69 Å². The Hall–Kier alpha value is -3.03. The van der Waals surface area contributed by atoms with Gasteiger partial charge >= 0.3 is 5.97 Å². The van der Waals surface area contributed by atoms with E-state index in [0.29, 0.717) is 5.69 Å². The summed E-state index contributed by atoms with van der Waals surface area (Å²) in [7, 11) is 0. The van der Waals surface area contributed by atoms with Crippen molar-refractivity contribution in [2.45, 2.75) is 6.92 Å². The molecule has 2 aromatic rings. The van der Waals surface area contributed by atoms with Crippen molar-refractivity contribution in [3.63, 3.8) is 0 Å². The van der Waals surface area contributed by atoms with Gasteiger partial charge in [0.15, 0.2) is 11.3 Å². The van der Waals surface area contributed by atoms with E-state index in [1.54, 1.807) is 13.0 Å². The number of rotatable bonds is 4. The highest BCUT2D eigenvalue weighted by Crippen LogP contribution is 2.30. The topological polar surface area (TPSA) is 115 Å². The van der Waals surface area contributed by atoms with Gasteiger partial charge in [0, 0.05) is 12.1 Å². The third-order valence-electron chi connectivity index (χ3n) is 2.40. The molecule has 1 heterocycles. The summed E-state index contributed by atoms with van der Waals surface area (Å²) in [6, 6.07) is 6.86. The van der Waals surface area contributed by atoms with Crippen molar-refractivity contribution >= 4 is 11.7 Å². The van der Waals surface area contributed by atoms with Crippen molar-refractivity contribution in [2.75, 3.05) is 0 Å². The lowest BCUT2D eigenvalue weighted by Gasteiger charge is -2.07. The fourth-order valence-corrected chi connectivity index (χ4v) is 1.53. The molecule has 0 aliphatic heterocycles. The largest absolute Gasteiger partial charge is 0.477 e. The summed E-state index contributed by atoms with van der Waals surface area (Å²) in [5.41, 5.74) is -0.412. The standard InChI is InChI=1S/C12H9N3O5/c1-7-5-6-10(14-13-7)20-9-4-2-3-8(15(18)19)11(9)12(16)17/h2-6H,1H3,(H,16,17). The number of carboxylic acids is 1. The SMILES string of the molecule is Cc1ccc(Oc2cccc([N+](=O)[O-])c2C(=O)O)nn1. The second-order valence-electron chi connectivity index (χ2n) is 3.83. The zero-order valence-electron chi connectivity index (χ0n) is 10.3. The average Bonchev–Trinajstić information content (AvgIpc) is 2.40. The van der Waals surface area contributed by atoms with Crippen molar-refractivity contribution in [1.82, 2.24) is 10.2 Å². The minimum absolute atomic E-state index is 0.0543. The van der Waals surface area contributed by atoms with E-state index in [1.165, 1.54) is 18.2 Å². The van der Waals surface area contributed by atoms with Crippen molar-refractivity contribution < 1.29 is 19.6 Å². The predicted molar refractivity (Wildman–Crippen MR) is 66.9 cm³/mol. The number of ether oxygens (including phenoxy) is 1. The molecule has 0 aliphatic rings. The quantitative estimate of drug-likeness (QED) is 0.671. The van der Waals surface area contributed by atoms with Crippen LogP contribution in [0.25, 0.3) is 0 Å². The van der Waals surface area contributed by atoms with Crippen LogP contribution in [0, 0.1) is 17.0 Å². The Morgan fingerprint density at radius 1 is 1.30 bits per heavy atom. The van der Waals surface area contributed by atoms with Gasteiger partial charge in [0.1, 0.15) is 0 Å². The van der Waals surface area contributed by atoms with Crippen molar-refractivity contribution in [2.24, 2.45) is 0 Å². The average molecular weight is 275 g/mol. The van der Waals surface area contributed by atoms with Crippen LogP contribution in [0.2, 0.25) is 0 Å². The summed E-state index contributed by atoms with van der Waals surface area (Å²) in [4.78, 5) is 21.2. The zero-order chi connectivity index (χ0) is 14.7. The fraction of sp³-hybridized carbons (Fsp3) is 0.0833. The van der Waals surface area contributed by atoms with Gasteiger partial charge in [-0.25, -0.2) is 4.79 Å². The van der Waals surface area contributed by atoms with E-state index in [1.807, 2.05) is 0 Å². The third kappa shape index (κ3) is 2.69. The summed E-state index contributed by atoms with van der Waals surface area (Å²) in [6.45, 7) is 1.73. The van der Waals surface area contributed by atoms with E-state index in [9.17, 15) is 14.9 Å². The molecule has 0 saturated carbocycles.